The third-order valence-electron chi connectivity index (χ3n) is 4.12. The molecule has 0 unspecified atom stereocenters. The minimum Gasteiger partial charge on any atom is -0.434 e. The summed E-state index contributed by atoms with van der Waals surface area (Å²) in [6.07, 6.45) is 0.874. The molecule has 9 heteroatoms. The summed E-state index contributed by atoms with van der Waals surface area (Å²) >= 11 is 0. The van der Waals surface area contributed by atoms with Crippen LogP contribution in [0, 0.1) is 0 Å². The highest BCUT2D eigenvalue weighted by Crippen LogP contribution is 2.19. The first kappa shape index (κ1) is 26.6. The lowest BCUT2D eigenvalue weighted by atomic mass is 10.1. The Labute approximate surface area is 198 Å². The maximum absolute atomic E-state index is 12.6. The second kappa shape index (κ2) is 14.6. The summed E-state index contributed by atoms with van der Waals surface area (Å²) in [6.45, 7) is 2.96. The van der Waals surface area contributed by atoms with Crippen LogP contribution in [-0.4, -0.2) is 31.6 Å². The van der Waals surface area contributed by atoms with Crippen LogP contribution in [0.25, 0.3) is 0 Å². The number of para-hydroxylation sites is 1. The molecule has 0 heterocycles. The number of ether oxygens (including phenoxy) is 1. The van der Waals surface area contributed by atoms with Crippen LogP contribution < -0.4 is 20.7 Å². The number of amides is 1. The summed E-state index contributed by atoms with van der Waals surface area (Å²) in [5.74, 6) is 0.551. The molecule has 170 valence electrons. The molecular formula is C22H29F2IN4O2. The number of halogens is 3. The number of alkyl halides is 2. The van der Waals surface area contributed by atoms with E-state index in [0.29, 0.717) is 36.7 Å². The number of aliphatic imine (C=N–C) groups is 1. The first-order valence-electron chi connectivity index (χ1n) is 9.95. The summed E-state index contributed by atoms with van der Waals surface area (Å²) < 4.78 is 29.7. The minimum absolute atomic E-state index is 0. The highest BCUT2D eigenvalue weighted by molar-refractivity contribution is 14.0. The van der Waals surface area contributed by atoms with Crippen molar-refractivity contribution in [1.82, 2.24) is 16.0 Å². The normalized spacial score (nSPS) is 10.9. The van der Waals surface area contributed by atoms with Crippen molar-refractivity contribution in [2.24, 2.45) is 4.99 Å². The molecule has 0 bridgehead atoms. The molecule has 0 saturated carbocycles. The van der Waals surface area contributed by atoms with E-state index in [1.807, 2.05) is 32.0 Å². The zero-order valence-corrected chi connectivity index (χ0v) is 20.0. The molecule has 31 heavy (non-hydrogen) atoms. The summed E-state index contributed by atoms with van der Waals surface area (Å²) in [5, 5.41) is 9.09. The Bertz CT molecular complexity index is 850. The van der Waals surface area contributed by atoms with Gasteiger partial charge >= 0.3 is 6.61 Å². The predicted octanol–water partition coefficient (Wildman–Crippen LogP) is 4.30. The summed E-state index contributed by atoms with van der Waals surface area (Å²) in [6, 6.07) is 13.9. The van der Waals surface area contributed by atoms with Crippen LogP contribution in [0.5, 0.6) is 5.75 Å². The fraction of sp³-hybridized carbons (Fsp3) is 0.364. The van der Waals surface area contributed by atoms with E-state index in [-0.39, 0.29) is 42.2 Å². The molecule has 0 aliphatic rings. The maximum atomic E-state index is 12.6. The van der Waals surface area contributed by atoms with Crippen LogP contribution in [0.1, 0.15) is 41.8 Å². The highest BCUT2D eigenvalue weighted by atomic mass is 127. The van der Waals surface area contributed by atoms with Gasteiger partial charge in [0, 0.05) is 30.8 Å². The second-order valence-corrected chi connectivity index (χ2v) is 6.49. The Balaban J connectivity index is 0.00000480. The molecular weight excluding hydrogens is 517 g/mol. The number of nitrogens with one attached hydrogen (secondary N) is 3. The van der Waals surface area contributed by atoms with Crippen molar-refractivity contribution < 1.29 is 18.3 Å². The van der Waals surface area contributed by atoms with Crippen molar-refractivity contribution in [2.75, 3.05) is 13.1 Å². The van der Waals surface area contributed by atoms with Gasteiger partial charge in [0.1, 0.15) is 5.75 Å². The van der Waals surface area contributed by atoms with Crippen molar-refractivity contribution in [2.45, 2.75) is 40.0 Å². The Morgan fingerprint density at radius 2 is 1.84 bits per heavy atom. The zero-order chi connectivity index (χ0) is 21.8. The molecule has 0 saturated heterocycles. The number of rotatable bonds is 10. The van der Waals surface area contributed by atoms with Crippen molar-refractivity contribution in [3.63, 3.8) is 0 Å². The average Bonchev–Trinajstić information content (AvgIpc) is 2.74. The molecule has 2 aromatic carbocycles. The average molecular weight is 546 g/mol. The fourth-order valence-corrected chi connectivity index (χ4v) is 2.70. The summed E-state index contributed by atoms with van der Waals surface area (Å²) in [5.41, 5.74) is 2.07. The van der Waals surface area contributed by atoms with Gasteiger partial charge in [-0.1, -0.05) is 37.3 Å². The van der Waals surface area contributed by atoms with Gasteiger partial charge in [0.05, 0.1) is 6.54 Å². The van der Waals surface area contributed by atoms with Gasteiger partial charge in [0.25, 0.3) is 5.91 Å². The Morgan fingerprint density at radius 3 is 2.55 bits per heavy atom. The van der Waals surface area contributed by atoms with E-state index in [4.69, 9.17) is 0 Å². The minimum atomic E-state index is -2.88. The van der Waals surface area contributed by atoms with Crippen molar-refractivity contribution >= 4 is 35.8 Å². The monoisotopic (exact) mass is 546 g/mol. The predicted molar refractivity (Wildman–Crippen MR) is 129 cm³/mol. The highest BCUT2D eigenvalue weighted by Gasteiger charge is 2.10. The largest absolute Gasteiger partial charge is 0.434 e. The van der Waals surface area contributed by atoms with E-state index in [9.17, 15) is 13.6 Å². The molecule has 0 radical (unpaired) electrons. The van der Waals surface area contributed by atoms with E-state index in [1.54, 1.807) is 24.3 Å². The number of carbonyl (C=O) groups is 1. The molecule has 2 rings (SSSR count). The van der Waals surface area contributed by atoms with Gasteiger partial charge in [0.2, 0.25) is 0 Å². The molecule has 0 aromatic heterocycles. The molecule has 0 fully saturated rings. The third-order valence-corrected chi connectivity index (χ3v) is 4.12. The summed E-state index contributed by atoms with van der Waals surface area (Å²) in [7, 11) is 0. The van der Waals surface area contributed by atoms with Gasteiger partial charge in [-0.15, -0.1) is 24.0 Å². The van der Waals surface area contributed by atoms with Crippen molar-refractivity contribution in [1.29, 1.82) is 0 Å². The summed E-state index contributed by atoms with van der Waals surface area (Å²) in [4.78, 5) is 16.7. The Hall–Kier alpha value is -2.43. The fourth-order valence-electron chi connectivity index (χ4n) is 2.70. The van der Waals surface area contributed by atoms with Gasteiger partial charge in [-0.25, -0.2) is 4.99 Å². The third kappa shape index (κ3) is 9.50. The number of nitrogens with zero attached hydrogens (tertiary/aromatic N) is 1. The topological polar surface area (TPSA) is 74.8 Å². The van der Waals surface area contributed by atoms with Crippen LogP contribution in [0.2, 0.25) is 0 Å². The molecule has 2 aromatic rings. The van der Waals surface area contributed by atoms with Gasteiger partial charge in [-0.3, -0.25) is 4.79 Å². The standard InChI is InChI=1S/C22H28F2N4O2.HI/c1-3-12-26-20(29)17-10-7-8-16(13-17)14-27-22(25-4-2)28-15-18-9-5-6-11-19(18)30-21(23)24;/h5-11,13,21H,3-4,12,14-15H2,1-2H3,(H,26,29)(H2,25,27,28);1H. The quantitative estimate of drug-likeness (QED) is 0.236. The van der Waals surface area contributed by atoms with Gasteiger partial charge in [-0.05, 0) is 37.1 Å². The SMILES string of the molecule is CCCNC(=O)c1cccc(CN=C(NCC)NCc2ccccc2OC(F)F)c1.I. The van der Waals surface area contributed by atoms with E-state index >= 15 is 0 Å². The van der Waals surface area contributed by atoms with Gasteiger partial charge in [-0.2, -0.15) is 8.78 Å². The van der Waals surface area contributed by atoms with E-state index < -0.39 is 6.61 Å². The molecule has 1 amide bonds. The Morgan fingerprint density at radius 1 is 1.06 bits per heavy atom. The Kier molecular flexibility index (Phi) is 12.5. The van der Waals surface area contributed by atoms with E-state index in [2.05, 4.69) is 25.7 Å². The second-order valence-electron chi connectivity index (χ2n) is 6.49. The molecule has 0 spiro atoms. The van der Waals surface area contributed by atoms with Crippen LogP contribution in [-0.2, 0) is 13.1 Å². The smallest absolute Gasteiger partial charge is 0.387 e. The number of hydrogen-bond donors (Lipinski definition) is 3. The lowest BCUT2D eigenvalue weighted by Crippen LogP contribution is -2.36. The molecule has 6 nitrogen and oxygen atoms in total. The zero-order valence-electron chi connectivity index (χ0n) is 17.7. The molecule has 3 N–H and O–H groups in total. The molecule has 0 aliphatic carbocycles. The number of benzene rings is 2. The molecule has 0 aliphatic heterocycles. The number of carbonyl (C=O) groups excluding carboxylic acids is 1. The lowest BCUT2D eigenvalue weighted by molar-refractivity contribution is -0.0504. The first-order chi connectivity index (χ1) is 14.5. The van der Waals surface area contributed by atoms with Crippen LogP contribution in [0.3, 0.4) is 0 Å². The lowest BCUT2D eigenvalue weighted by Gasteiger charge is -2.14. The maximum Gasteiger partial charge on any atom is 0.387 e. The van der Waals surface area contributed by atoms with Gasteiger partial charge < -0.3 is 20.7 Å². The van der Waals surface area contributed by atoms with E-state index in [1.165, 1.54) is 6.07 Å². The van der Waals surface area contributed by atoms with Gasteiger partial charge in [0.15, 0.2) is 5.96 Å². The van der Waals surface area contributed by atoms with Crippen LogP contribution in [0.4, 0.5) is 8.78 Å². The number of hydrogen-bond acceptors (Lipinski definition) is 3. The first-order valence-corrected chi connectivity index (χ1v) is 9.95. The van der Waals surface area contributed by atoms with Crippen LogP contribution in [0.15, 0.2) is 53.5 Å². The van der Waals surface area contributed by atoms with Crippen molar-refractivity contribution in [3.05, 3.63) is 65.2 Å². The van der Waals surface area contributed by atoms with Crippen LogP contribution >= 0.6 is 24.0 Å². The van der Waals surface area contributed by atoms with Crippen molar-refractivity contribution in [3.8, 4) is 5.75 Å². The number of guanidine groups is 1. The van der Waals surface area contributed by atoms with E-state index in [0.717, 1.165) is 12.0 Å². The molecule has 0 atom stereocenters.